The van der Waals surface area contributed by atoms with Crippen LogP contribution in [0.2, 0.25) is 0 Å². The summed E-state index contributed by atoms with van der Waals surface area (Å²) in [4.78, 5) is 43.2. The minimum atomic E-state index is -0.379. The molecular formula is C27H28N6O5S2. The van der Waals surface area contributed by atoms with Crippen molar-refractivity contribution in [1.29, 1.82) is 0 Å². The maximum absolute atomic E-state index is 12.7. The second kappa shape index (κ2) is 13.1. The Morgan fingerprint density at radius 3 is 2.83 bits per heavy atom. The van der Waals surface area contributed by atoms with Gasteiger partial charge in [0.25, 0.3) is 11.1 Å². The van der Waals surface area contributed by atoms with Crippen LogP contribution in [0.4, 0.5) is 4.79 Å². The first-order valence-corrected chi connectivity index (χ1v) is 14.6. The fourth-order valence-electron chi connectivity index (χ4n) is 4.30. The molecule has 13 heteroatoms. The van der Waals surface area contributed by atoms with Crippen LogP contribution in [0, 0.1) is 0 Å². The van der Waals surface area contributed by atoms with E-state index in [0.29, 0.717) is 22.4 Å². The standard InChI is InChI=1S/C27H28N6O5S2/c1-37-20-8-6-19(7-9-20)24-30-31-26(33(24)16-21-5-3-13-38-21)39-17-23(34)29-11-12-32-25(35)22(40-27(32)36)14-18-4-2-10-28-15-18/h2,4,6-10,14-15,21H,3,5,11-13,16-17H2,1H3,(H,29,34)/b22-14-/t21-/m0/s1. The van der Waals surface area contributed by atoms with Gasteiger partial charge in [-0.1, -0.05) is 17.8 Å². The van der Waals surface area contributed by atoms with Crippen LogP contribution in [0.15, 0.2) is 58.9 Å². The second-order valence-electron chi connectivity index (χ2n) is 9.04. The molecule has 2 aromatic heterocycles. The molecule has 1 aromatic carbocycles. The lowest BCUT2D eigenvalue weighted by Gasteiger charge is -2.15. The number of nitrogens with one attached hydrogen (secondary N) is 1. The van der Waals surface area contributed by atoms with Crippen LogP contribution in [0.25, 0.3) is 17.5 Å². The van der Waals surface area contributed by atoms with E-state index in [-0.39, 0.29) is 42.0 Å². The fraction of sp³-hybridized carbons (Fsp3) is 0.333. The summed E-state index contributed by atoms with van der Waals surface area (Å²) in [5.74, 6) is 0.933. The smallest absolute Gasteiger partial charge is 0.293 e. The second-order valence-corrected chi connectivity index (χ2v) is 11.0. The van der Waals surface area contributed by atoms with Crippen molar-refractivity contribution in [2.45, 2.75) is 30.6 Å². The van der Waals surface area contributed by atoms with Crippen LogP contribution in [0.5, 0.6) is 5.75 Å². The van der Waals surface area contributed by atoms with Gasteiger partial charge in [-0.15, -0.1) is 10.2 Å². The van der Waals surface area contributed by atoms with Crippen LogP contribution in [-0.2, 0) is 20.9 Å². The lowest BCUT2D eigenvalue weighted by Crippen LogP contribution is -2.37. The molecule has 2 saturated heterocycles. The zero-order valence-electron chi connectivity index (χ0n) is 21.8. The van der Waals surface area contributed by atoms with Crippen molar-refractivity contribution in [2.24, 2.45) is 0 Å². The summed E-state index contributed by atoms with van der Waals surface area (Å²) in [6, 6.07) is 11.1. The number of imide groups is 1. The van der Waals surface area contributed by atoms with Gasteiger partial charge in [-0.2, -0.15) is 0 Å². The quantitative estimate of drug-likeness (QED) is 0.266. The summed E-state index contributed by atoms with van der Waals surface area (Å²) in [7, 11) is 1.62. The number of hydrogen-bond acceptors (Lipinski definition) is 10. The Balaban J connectivity index is 1.17. The molecule has 0 radical (unpaired) electrons. The molecule has 208 valence electrons. The Morgan fingerprint density at radius 1 is 1.25 bits per heavy atom. The number of hydrogen-bond donors (Lipinski definition) is 1. The Morgan fingerprint density at radius 2 is 2.10 bits per heavy atom. The number of carbonyl (C=O) groups excluding carboxylic acids is 3. The van der Waals surface area contributed by atoms with Crippen molar-refractivity contribution in [1.82, 2.24) is 30.0 Å². The lowest BCUT2D eigenvalue weighted by atomic mass is 10.2. The van der Waals surface area contributed by atoms with Crippen molar-refractivity contribution in [3.8, 4) is 17.1 Å². The van der Waals surface area contributed by atoms with Gasteiger partial charge in [0.2, 0.25) is 5.91 Å². The zero-order chi connectivity index (χ0) is 27.9. The lowest BCUT2D eigenvalue weighted by molar-refractivity contribution is -0.123. The van der Waals surface area contributed by atoms with Crippen molar-refractivity contribution in [3.63, 3.8) is 0 Å². The monoisotopic (exact) mass is 580 g/mol. The molecule has 0 saturated carbocycles. The van der Waals surface area contributed by atoms with Crippen LogP contribution in [-0.4, -0.2) is 80.4 Å². The van der Waals surface area contributed by atoms with Gasteiger partial charge in [0, 0.05) is 37.7 Å². The number of nitrogens with zero attached hydrogens (tertiary/aromatic N) is 5. The van der Waals surface area contributed by atoms with Crippen LogP contribution in [0.3, 0.4) is 0 Å². The minimum Gasteiger partial charge on any atom is -0.497 e. The maximum Gasteiger partial charge on any atom is 0.293 e. The maximum atomic E-state index is 12.7. The third-order valence-electron chi connectivity index (χ3n) is 6.32. The van der Waals surface area contributed by atoms with Crippen molar-refractivity contribution in [3.05, 3.63) is 59.3 Å². The Kier molecular flexibility index (Phi) is 9.14. The number of carbonyl (C=O) groups is 3. The molecule has 0 bridgehead atoms. The number of ether oxygens (including phenoxy) is 2. The van der Waals surface area contributed by atoms with E-state index in [9.17, 15) is 14.4 Å². The summed E-state index contributed by atoms with van der Waals surface area (Å²) in [6.45, 7) is 1.56. The molecule has 11 nitrogen and oxygen atoms in total. The van der Waals surface area contributed by atoms with Crippen LogP contribution >= 0.6 is 23.5 Å². The van der Waals surface area contributed by atoms with Crippen molar-refractivity contribution < 1.29 is 23.9 Å². The van der Waals surface area contributed by atoms with Crippen LogP contribution in [0.1, 0.15) is 18.4 Å². The normalized spacial score (nSPS) is 18.1. The zero-order valence-corrected chi connectivity index (χ0v) is 23.5. The number of benzene rings is 1. The fourth-order valence-corrected chi connectivity index (χ4v) is 5.94. The van der Waals surface area contributed by atoms with Crippen molar-refractivity contribution >= 4 is 46.7 Å². The number of rotatable bonds is 11. The average molecular weight is 581 g/mol. The van der Waals surface area contributed by atoms with Gasteiger partial charge < -0.3 is 14.8 Å². The van der Waals surface area contributed by atoms with E-state index in [1.54, 1.807) is 37.7 Å². The molecule has 0 unspecified atom stereocenters. The molecule has 2 aliphatic rings. The molecule has 4 heterocycles. The van der Waals surface area contributed by atoms with Gasteiger partial charge in [0.1, 0.15) is 5.75 Å². The molecule has 2 aliphatic heterocycles. The third kappa shape index (κ3) is 6.72. The van der Waals surface area contributed by atoms with E-state index >= 15 is 0 Å². The van der Waals surface area contributed by atoms with Crippen LogP contribution < -0.4 is 10.1 Å². The highest BCUT2D eigenvalue weighted by molar-refractivity contribution is 8.18. The predicted octanol–water partition coefficient (Wildman–Crippen LogP) is 3.47. The van der Waals surface area contributed by atoms with E-state index in [4.69, 9.17) is 9.47 Å². The number of amides is 3. The van der Waals surface area contributed by atoms with E-state index in [0.717, 1.165) is 53.0 Å². The van der Waals surface area contributed by atoms with Gasteiger partial charge in [0.05, 0.1) is 30.4 Å². The molecule has 0 aliphatic carbocycles. The Labute approximate surface area is 239 Å². The number of thioether (sulfide) groups is 2. The molecule has 3 amide bonds. The highest BCUT2D eigenvalue weighted by atomic mass is 32.2. The van der Waals surface area contributed by atoms with Gasteiger partial charge in [0.15, 0.2) is 11.0 Å². The van der Waals surface area contributed by atoms with E-state index < -0.39 is 0 Å². The minimum absolute atomic E-state index is 0.0617. The summed E-state index contributed by atoms with van der Waals surface area (Å²) in [6.07, 6.45) is 6.92. The first-order valence-electron chi connectivity index (χ1n) is 12.8. The highest BCUT2D eigenvalue weighted by Crippen LogP contribution is 2.32. The van der Waals surface area contributed by atoms with E-state index in [2.05, 4.69) is 20.5 Å². The first-order chi connectivity index (χ1) is 19.5. The molecule has 2 fully saturated rings. The summed E-state index contributed by atoms with van der Waals surface area (Å²) in [5.41, 5.74) is 1.62. The first kappa shape index (κ1) is 27.9. The molecule has 0 spiro atoms. The third-order valence-corrected chi connectivity index (χ3v) is 8.20. The van der Waals surface area contributed by atoms with Gasteiger partial charge >= 0.3 is 0 Å². The molecule has 1 N–H and O–H groups in total. The SMILES string of the molecule is COc1ccc(-c2nnc(SCC(=O)NCCN3C(=O)S/C(=C\c4cccnc4)C3=O)n2C[C@@H]2CCCO2)cc1. The topological polar surface area (TPSA) is 129 Å². The van der Waals surface area contributed by atoms with E-state index in [1.165, 1.54) is 11.8 Å². The van der Waals surface area contributed by atoms with Crippen molar-refractivity contribution in [2.75, 3.05) is 32.6 Å². The number of methoxy groups -OCH3 is 1. The number of pyridine rings is 1. The molecule has 40 heavy (non-hydrogen) atoms. The van der Waals surface area contributed by atoms with Gasteiger partial charge in [-0.25, -0.2) is 0 Å². The Bertz CT molecular complexity index is 1390. The summed E-state index contributed by atoms with van der Waals surface area (Å²) in [5, 5.41) is 11.8. The number of aromatic nitrogens is 4. The van der Waals surface area contributed by atoms with Gasteiger partial charge in [-0.3, -0.25) is 28.8 Å². The molecular weight excluding hydrogens is 552 g/mol. The summed E-state index contributed by atoms with van der Waals surface area (Å²) < 4.78 is 13.1. The van der Waals surface area contributed by atoms with E-state index in [1.807, 2.05) is 28.8 Å². The summed E-state index contributed by atoms with van der Waals surface area (Å²) >= 11 is 2.16. The largest absolute Gasteiger partial charge is 0.497 e. The molecule has 5 rings (SSSR count). The highest BCUT2D eigenvalue weighted by Gasteiger charge is 2.34. The molecule has 3 aromatic rings. The predicted molar refractivity (Wildman–Crippen MR) is 152 cm³/mol. The average Bonchev–Trinajstić information content (AvgIpc) is 3.70. The molecule has 1 atom stereocenters. The Hall–Kier alpha value is -3.68. The van der Waals surface area contributed by atoms with Gasteiger partial charge in [-0.05, 0) is 66.6 Å².